The lowest BCUT2D eigenvalue weighted by molar-refractivity contribution is -0.116. The van der Waals surface area contributed by atoms with E-state index in [-0.39, 0.29) is 30.3 Å². The third-order valence-electron chi connectivity index (χ3n) is 4.64. The molecule has 0 radical (unpaired) electrons. The van der Waals surface area contributed by atoms with Gasteiger partial charge in [0, 0.05) is 17.9 Å². The van der Waals surface area contributed by atoms with Crippen LogP contribution >= 0.6 is 0 Å². The van der Waals surface area contributed by atoms with Crippen LogP contribution in [0.1, 0.15) is 26.7 Å². The molecule has 1 aliphatic carbocycles. The van der Waals surface area contributed by atoms with E-state index >= 15 is 0 Å². The Labute approximate surface area is 120 Å². The van der Waals surface area contributed by atoms with E-state index in [0.717, 1.165) is 12.5 Å². The summed E-state index contributed by atoms with van der Waals surface area (Å²) in [5.74, 6) is -0.0329. The Hall–Kier alpha value is -1.14. The van der Waals surface area contributed by atoms with Gasteiger partial charge in [-0.1, -0.05) is 6.08 Å². The van der Waals surface area contributed by atoms with Gasteiger partial charge in [-0.2, -0.15) is 13.2 Å². The zero-order valence-corrected chi connectivity index (χ0v) is 11.9. The van der Waals surface area contributed by atoms with E-state index in [1.165, 1.54) is 6.08 Å². The number of ketones is 1. The highest BCUT2D eigenvalue weighted by atomic mass is 19.4. The van der Waals surface area contributed by atoms with Gasteiger partial charge in [0.1, 0.15) is 5.60 Å². The van der Waals surface area contributed by atoms with Gasteiger partial charge in [-0.3, -0.25) is 4.79 Å². The molecular formula is C15H17F3O3. The minimum atomic E-state index is -4.29. The summed E-state index contributed by atoms with van der Waals surface area (Å²) in [6.45, 7) is 3.49. The van der Waals surface area contributed by atoms with Crippen LogP contribution in [0.5, 0.6) is 0 Å². The smallest absolute Gasteiger partial charge is 0.369 e. The predicted octanol–water partition coefficient (Wildman–Crippen LogP) is 2.96. The molecule has 2 heterocycles. The standard InChI is InChI=1S/C15H17F3O3/c1-8(15(16,17)18)3-4-12-13(21-12)11-6-10(19)5-9(2)14(11)7-20-14/h3,5,11-13H,4,6-7H2,1-2H3/b8-3+. The lowest BCUT2D eigenvalue weighted by Gasteiger charge is -2.26. The molecule has 116 valence electrons. The number of alkyl halides is 3. The van der Waals surface area contributed by atoms with E-state index in [9.17, 15) is 18.0 Å². The van der Waals surface area contributed by atoms with E-state index in [2.05, 4.69) is 0 Å². The van der Waals surface area contributed by atoms with Crippen LogP contribution in [0.4, 0.5) is 13.2 Å². The number of carbonyl (C=O) groups is 1. The molecule has 0 amide bonds. The molecule has 1 spiro atoms. The van der Waals surface area contributed by atoms with Crippen molar-refractivity contribution in [3.8, 4) is 0 Å². The summed E-state index contributed by atoms with van der Waals surface area (Å²) in [4.78, 5) is 11.7. The predicted molar refractivity (Wildman–Crippen MR) is 68.6 cm³/mol. The quantitative estimate of drug-likeness (QED) is 0.594. The highest BCUT2D eigenvalue weighted by Crippen LogP contribution is 2.52. The van der Waals surface area contributed by atoms with Crippen molar-refractivity contribution in [2.45, 2.75) is 50.7 Å². The van der Waals surface area contributed by atoms with Gasteiger partial charge in [0.25, 0.3) is 0 Å². The molecule has 3 aliphatic rings. The molecule has 3 rings (SSSR count). The van der Waals surface area contributed by atoms with Crippen LogP contribution in [-0.2, 0) is 14.3 Å². The normalized spacial score (nSPS) is 39.5. The van der Waals surface area contributed by atoms with Crippen LogP contribution in [0.15, 0.2) is 23.3 Å². The molecule has 2 aliphatic heterocycles. The molecule has 3 nitrogen and oxygen atoms in total. The molecule has 6 heteroatoms. The topological polar surface area (TPSA) is 42.1 Å². The van der Waals surface area contributed by atoms with Crippen LogP contribution in [-0.4, -0.2) is 36.4 Å². The zero-order chi connectivity index (χ0) is 15.4. The first kappa shape index (κ1) is 14.8. The van der Waals surface area contributed by atoms with Gasteiger partial charge in [0.15, 0.2) is 5.78 Å². The molecule has 0 saturated carbocycles. The number of carbonyl (C=O) groups excluding carboxylic acids is 1. The van der Waals surface area contributed by atoms with Crippen LogP contribution in [0.3, 0.4) is 0 Å². The molecule has 0 aromatic heterocycles. The Morgan fingerprint density at radius 1 is 1.52 bits per heavy atom. The number of halogens is 3. The molecular weight excluding hydrogens is 285 g/mol. The van der Waals surface area contributed by atoms with Crippen molar-refractivity contribution in [2.24, 2.45) is 5.92 Å². The Bertz CT molecular complexity index is 529. The molecule has 21 heavy (non-hydrogen) atoms. The van der Waals surface area contributed by atoms with Crippen LogP contribution in [0, 0.1) is 5.92 Å². The zero-order valence-electron chi connectivity index (χ0n) is 11.9. The molecule has 0 aromatic rings. The maximum atomic E-state index is 12.4. The van der Waals surface area contributed by atoms with Gasteiger partial charge in [-0.15, -0.1) is 0 Å². The highest BCUT2D eigenvalue weighted by Gasteiger charge is 2.62. The Morgan fingerprint density at radius 3 is 2.76 bits per heavy atom. The first-order chi connectivity index (χ1) is 9.74. The highest BCUT2D eigenvalue weighted by molar-refractivity contribution is 5.92. The second kappa shape index (κ2) is 4.68. The number of epoxide rings is 2. The van der Waals surface area contributed by atoms with E-state index in [0.29, 0.717) is 13.0 Å². The third-order valence-corrected chi connectivity index (χ3v) is 4.64. The van der Waals surface area contributed by atoms with Crippen molar-refractivity contribution in [3.63, 3.8) is 0 Å². The van der Waals surface area contributed by atoms with Gasteiger partial charge in [0.05, 0.1) is 18.8 Å². The summed E-state index contributed by atoms with van der Waals surface area (Å²) in [6, 6.07) is 0. The van der Waals surface area contributed by atoms with Gasteiger partial charge in [0.2, 0.25) is 0 Å². The molecule has 0 bridgehead atoms. The number of hydrogen-bond donors (Lipinski definition) is 0. The van der Waals surface area contributed by atoms with Crippen molar-refractivity contribution < 1.29 is 27.4 Å². The van der Waals surface area contributed by atoms with Crippen LogP contribution < -0.4 is 0 Å². The van der Waals surface area contributed by atoms with Crippen molar-refractivity contribution >= 4 is 5.78 Å². The molecule has 0 aromatic carbocycles. The average molecular weight is 302 g/mol. The molecule has 4 unspecified atom stereocenters. The lowest BCUT2D eigenvalue weighted by atomic mass is 9.76. The van der Waals surface area contributed by atoms with E-state index in [1.54, 1.807) is 6.08 Å². The SMILES string of the molecule is CC1=CC(=O)CC(C2OC2C/C=C(\C)C(F)(F)F)C12CO2. The lowest BCUT2D eigenvalue weighted by Crippen LogP contribution is -2.36. The largest absolute Gasteiger partial charge is 0.412 e. The average Bonchev–Trinajstić information content (AvgIpc) is 3.25. The molecule has 2 fully saturated rings. The summed E-state index contributed by atoms with van der Waals surface area (Å²) in [5.41, 5.74) is -0.110. The minimum Gasteiger partial charge on any atom is -0.369 e. The van der Waals surface area contributed by atoms with Crippen molar-refractivity contribution in [3.05, 3.63) is 23.3 Å². The van der Waals surface area contributed by atoms with Crippen LogP contribution in [0.2, 0.25) is 0 Å². The van der Waals surface area contributed by atoms with Crippen LogP contribution in [0.25, 0.3) is 0 Å². The van der Waals surface area contributed by atoms with Gasteiger partial charge in [-0.05, 0) is 31.9 Å². The van der Waals surface area contributed by atoms with E-state index in [1.807, 2.05) is 6.92 Å². The Balaban J connectivity index is 1.64. The fraction of sp³-hybridized carbons (Fsp3) is 0.667. The summed E-state index contributed by atoms with van der Waals surface area (Å²) < 4.78 is 48.3. The number of hydrogen-bond acceptors (Lipinski definition) is 3. The van der Waals surface area contributed by atoms with E-state index < -0.39 is 17.4 Å². The third kappa shape index (κ3) is 2.66. The van der Waals surface area contributed by atoms with Gasteiger partial charge < -0.3 is 9.47 Å². The fourth-order valence-electron chi connectivity index (χ4n) is 3.11. The maximum Gasteiger partial charge on any atom is 0.412 e. The second-order valence-electron chi connectivity index (χ2n) is 6.04. The molecule has 2 saturated heterocycles. The fourth-order valence-corrected chi connectivity index (χ4v) is 3.11. The van der Waals surface area contributed by atoms with Crippen molar-refractivity contribution in [2.75, 3.05) is 6.61 Å². The number of ether oxygens (including phenoxy) is 2. The Morgan fingerprint density at radius 2 is 2.19 bits per heavy atom. The van der Waals surface area contributed by atoms with Gasteiger partial charge in [-0.25, -0.2) is 0 Å². The molecule has 0 N–H and O–H groups in total. The van der Waals surface area contributed by atoms with Gasteiger partial charge >= 0.3 is 6.18 Å². The van der Waals surface area contributed by atoms with E-state index in [4.69, 9.17) is 9.47 Å². The molecule has 4 atom stereocenters. The minimum absolute atomic E-state index is 0.0369. The number of rotatable bonds is 3. The second-order valence-corrected chi connectivity index (χ2v) is 6.04. The van der Waals surface area contributed by atoms with Crippen molar-refractivity contribution in [1.29, 1.82) is 0 Å². The van der Waals surface area contributed by atoms with Crippen molar-refractivity contribution in [1.82, 2.24) is 0 Å². The number of allylic oxidation sites excluding steroid dienone is 2. The monoisotopic (exact) mass is 302 g/mol. The Kier molecular flexibility index (Phi) is 3.29. The summed E-state index contributed by atoms with van der Waals surface area (Å²) >= 11 is 0. The summed E-state index contributed by atoms with van der Waals surface area (Å²) in [5, 5.41) is 0. The maximum absolute atomic E-state index is 12.4. The first-order valence-electron chi connectivity index (χ1n) is 6.99. The summed E-state index contributed by atoms with van der Waals surface area (Å²) in [7, 11) is 0. The summed E-state index contributed by atoms with van der Waals surface area (Å²) in [6.07, 6.45) is -1.37. The first-order valence-corrected chi connectivity index (χ1v) is 6.99.